The van der Waals surface area contributed by atoms with Gasteiger partial charge in [-0.1, -0.05) is 126 Å². The summed E-state index contributed by atoms with van der Waals surface area (Å²) in [7, 11) is 0. The van der Waals surface area contributed by atoms with Crippen molar-refractivity contribution in [2.45, 2.75) is 77.5 Å². The Morgan fingerprint density at radius 2 is 1.42 bits per heavy atom. The Labute approximate surface area is 304 Å². The maximum Gasteiger partial charge on any atom is 0.159 e. The first-order valence-electron chi connectivity index (χ1n) is 16.6. The quantitative estimate of drug-likeness (QED) is 0.0989. The van der Waals surface area contributed by atoms with Gasteiger partial charge in [-0.2, -0.15) is 0 Å². The normalized spacial score (nSPS) is 12.3. The van der Waals surface area contributed by atoms with E-state index in [0.717, 1.165) is 23.2 Å². The number of carbonyl (C=O) groups excluding carboxylic acids is 1. The minimum atomic E-state index is 0. The molecule has 0 amide bonds. The number of allylic oxidation sites excluding steroid dienone is 2. The van der Waals surface area contributed by atoms with Crippen LogP contribution < -0.4 is 0 Å². The van der Waals surface area contributed by atoms with Crippen LogP contribution >= 0.6 is 11.8 Å². The third kappa shape index (κ3) is 9.56. The van der Waals surface area contributed by atoms with Crippen molar-refractivity contribution in [3.8, 4) is 33.5 Å². The number of carbonyl (C=O) groups is 1. The summed E-state index contributed by atoms with van der Waals surface area (Å²) in [6, 6.07) is 36.2. The maximum atomic E-state index is 11.2. The topological polar surface area (TPSA) is 50.2 Å². The van der Waals surface area contributed by atoms with Gasteiger partial charge >= 0.3 is 0 Å². The fourth-order valence-electron chi connectivity index (χ4n) is 6.00. The van der Waals surface area contributed by atoms with Crippen LogP contribution in [-0.4, -0.2) is 15.9 Å². The van der Waals surface area contributed by atoms with Gasteiger partial charge < -0.3 is 5.11 Å². The fraction of sp³-hybridized carbons (Fsp3) is 0.302. The molecule has 48 heavy (non-hydrogen) atoms. The molecule has 0 atom stereocenters. The number of nitrogens with zero attached hydrogens (tertiary/aromatic N) is 1. The number of benzene rings is 4. The van der Waals surface area contributed by atoms with E-state index in [1.54, 1.807) is 0 Å². The average Bonchev–Trinajstić information content (AvgIpc) is 3.14. The summed E-state index contributed by atoms with van der Waals surface area (Å²) in [4.78, 5) is 18.8. The molecule has 1 radical (unpaired) electrons. The number of hydrogen-bond donors (Lipinski definition) is 1. The molecular formula is C43H46IrNO2S-. The number of aliphatic hydroxyl groups is 1. The Morgan fingerprint density at radius 3 is 2.08 bits per heavy atom. The standard InChI is InChI=1S/C32H26NS.C11H20O2.Ir/c1-32(2,3)20-22-19-29(33-28-14-8-6-10-23(22)28)21-16-17-31-27(18-21)25-12-5-4-11-24(25)26-13-7-9-15-30(26)34-31;1-8(2)5-10(12)7-11(13)6-9(3)4;/h4-15,17-19H,20H2,1-3H3;7-9,12H,5-6H2,1-4H3;/q-1;;/b;10-7-;. The summed E-state index contributed by atoms with van der Waals surface area (Å²) in [5.41, 5.74) is 9.70. The maximum absolute atomic E-state index is 11.2. The molecule has 0 spiro atoms. The molecule has 0 bridgehead atoms. The van der Waals surface area contributed by atoms with Gasteiger partial charge in [-0.3, -0.25) is 9.78 Å². The van der Waals surface area contributed by atoms with Gasteiger partial charge in [-0.15, -0.1) is 35.5 Å². The van der Waals surface area contributed by atoms with E-state index < -0.39 is 0 Å². The smallest absolute Gasteiger partial charge is 0.159 e. The molecule has 6 rings (SSSR count). The second-order valence-electron chi connectivity index (χ2n) is 14.5. The Kier molecular flexibility index (Phi) is 12.6. The summed E-state index contributed by atoms with van der Waals surface area (Å²) in [6.45, 7) is 14.9. The third-order valence-corrected chi connectivity index (χ3v) is 9.01. The first-order valence-corrected chi connectivity index (χ1v) is 17.4. The summed E-state index contributed by atoms with van der Waals surface area (Å²) < 4.78 is 0. The van der Waals surface area contributed by atoms with Crippen LogP contribution in [0.4, 0.5) is 0 Å². The van der Waals surface area contributed by atoms with Crippen LogP contribution in [0.2, 0.25) is 0 Å². The zero-order valence-electron chi connectivity index (χ0n) is 29.1. The van der Waals surface area contributed by atoms with E-state index in [4.69, 9.17) is 4.98 Å². The van der Waals surface area contributed by atoms with Gasteiger partial charge in [0.2, 0.25) is 0 Å². The van der Waals surface area contributed by atoms with Crippen LogP contribution in [0.15, 0.2) is 113 Å². The van der Waals surface area contributed by atoms with Gasteiger partial charge in [0.15, 0.2) is 5.78 Å². The van der Waals surface area contributed by atoms with Crippen LogP contribution in [0.5, 0.6) is 0 Å². The molecule has 0 aliphatic carbocycles. The minimum absolute atomic E-state index is 0. The summed E-state index contributed by atoms with van der Waals surface area (Å²) in [5.74, 6) is 0.979. The molecule has 251 valence electrons. The molecule has 0 saturated heterocycles. The molecule has 2 heterocycles. The van der Waals surface area contributed by atoms with Gasteiger partial charge in [-0.05, 0) is 63.8 Å². The van der Waals surface area contributed by atoms with E-state index in [2.05, 4.69) is 118 Å². The van der Waals surface area contributed by atoms with E-state index in [1.165, 1.54) is 49.1 Å². The Hall–Kier alpha value is -3.50. The molecule has 5 aromatic rings. The fourth-order valence-corrected chi connectivity index (χ4v) is 7.07. The number of aliphatic hydroxyl groups excluding tert-OH is 1. The van der Waals surface area contributed by atoms with Crippen LogP contribution in [-0.2, 0) is 31.3 Å². The van der Waals surface area contributed by atoms with Gasteiger partial charge in [-0.25, -0.2) is 0 Å². The van der Waals surface area contributed by atoms with Crippen molar-refractivity contribution in [2.75, 3.05) is 0 Å². The number of fused-ring (bicyclic) bond motifs is 6. The van der Waals surface area contributed by atoms with Crippen LogP contribution in [0.1, 0.15) is 66.9 Å². The molecule has 4 aromatic carbocycles. The molecule has 5 heteroatoms. The largest absolute Gasteiger partial charge is 0.512 e. The second-order valence-corrected chi connectivity index (χ2v) is 15.6. The average molecular weight is 833 g/mol. The van der Waals surface area contributed by atoms with E-state index in [0.29, 0.717) is 24.7 Å². The van der Waals surface area contributed by atoms with Gasteiger partial charge in [0.05, 0.1) is 11.3 Å². The van der Waals surface area contributed by atoms with Crippen LogP contribution in [0.25, 0.3) is 44.4 Å². The van der Waals surface area contributed by atoms with Crippen molar-refractivity contribution in [3.05, 3.63) is 114 Å². The number of para-hydroxylation sites is 1. The zero-order valence-corrected chi connectivity index (χ0v) is 32.3. The number of pyridine rings is 1. The zero-order chi connectivity index (χ0) is 33.7. The monoisotopic (exact) mass is 833 g/mol. The van der Waals surface area contributed by atoms with Crippen molar-refractivity contribution in [2.24, 2.45) is 17.3 Å². The van der Waals surface area contributed by atoms with Crippen molar-refractivity contribution in [3.63, 3.8) is 0 Å². The van der Waals surface area contributed by atoms with Crippen molar-refractivity contribution < 1.29 is 30.0 Å². The summed E-state index contributed by atoms with van der Waals surface area (Å²) in [5, 5.41) is 10.6. The van der Waals surface area contributed by atoms with Crippen molar-refractivity contribution >= 4 is 28.4 Å². The van der Waals surface area contributed by atoms with E-state index in [-0.39, 0.29) is 37.1 Å². The molecule has 0 saturated carbocycles. The molecule has 3 nitrogen and oxygen atoms in total. The number of aromatic nitrogens is 1. The number of rotatable bonds is 7. The number of hydrogen-bond acceptors (Lipinski definition) is 4. The predicted molar refractivity (Wildman–Crippen MR) is 199 cm³/mol. The van der Waals surface area contributed by atoms with Crippen LogP contribution in [0.3, 0.4) is 0 Å². The van der Waals surface area contributed by atoms with E-state index in [9.17, 15) is 9.90 Å². The van der Waals surface area contributed by atoms with Crippen LogP contribution in [0, 0.1) is 23.3 Å². The molecule has 0 fully saturated rings. The van der Waals surface area contributed by atoms with Crippen molar-refractivity contribution in [1.82, 2.24) is 4.98 Å². The van der Waals surface area contributed by atoms with Gasteiger partial charge in [0.25, 0.3) is 0 Å². The van der Waals surface area contributed by atoms with Gasteiger partial charge in [0, 0.05) is 49.3 Å². The summed E-state index contributed by atoms with van der Waals surface area (Å²) >= 11 is 1.83. The Morgan fingerprint density at radius 1 is 0.812 bits per heavy atom. The molecular weight excluding hydrogens is 787 g/mol. The van der Waals surface area contributed by atoms with Crippen molar-refractivity contribution in [1.29, 1.82) is 0 Å². The first kappa shape index (κ1) is 37.3. The summed E-state index contributed by atoms with van der Waals surface area (Å²) in [6.07, 6.45) is 3.47. The minimum Gasteiger partial charge on any atom is -0.512 e. The molecule has 1 aliphatic heterocycles. The Bertz CT molecular complexity index is 1920. The SMILES string of the molecule is CC(C)(C)Cc1cc(-c2[c-]cc3c(c2)-c2ccccc2-c2ccccc2S3)nc2ccccc12.CC(C)CC(=O)/C=C(\O)CC(C)C.[Ir]. The third-order valence-electron chi connectivity index (χ3n) is 7.88. The molecule has 0 unspecified atom stereocenters. The first-order chi connectivity index (χ1) is 22.4. The van der Waals surface area contributed by atoms with Gasteiger partial charge in [0.1, 0.15) is 0 Å². The second kappa shape index (κ2) is 16.3. The van der Waals surface area contributed by atoms with E-state index in [1.807, 2.05) is 39.5 Å². The molecule has 1 aromatic heterocycles. The van der Waals surface area contributed by atoms with E-state index >= 15 is 0 Å². The molecule has 1 N–H and O–H groups in total. The number of ketones is 1. The molecule has 1 aliphatic rings. The predicted octanol–water partition coefficient (Wildman–Crippen LogP) is 12.2. The Balaban J connectivity index is 0.000000319.